The van der Waals surface area contributed by atoms with Crippen LogP contribution in [0, 0.1) is 11.8 Å². The Bertz CT molecular complexity index is 358. The molecule has 0 spiro atoms. The predicted molar refractivity (Wildman–Crippen MR) is 62.9 cm³/mol. The van der Waals surface area contributed by atoms with E-state index < -0.39 is 0 Å². The Kier molecular flexibility index (Phi) is 4.87. The number of hydrogen-bond acceptors (Lipinski definition) is 0. The predicted octanol–water partition coefficient (Wildman–Crippen LogP) is 4.34. The van der Waals surface area contributed by atoms with Crippen molar-refractivity contribution in [2.75, 3.05) is 0 Å². The molecule has 0 nitrogen and oxygen atoms in total. The lowest BCUT2D eigenvalue weighted by atomic mass is 10.1. The molecule has 2 heteroatoms. The molecule has 0 aliphatic carbocycles. The summed E-state index contributed by atoms with van der Waals surface area (Å²) < 4.78 is 0. The Morgan fingerprint density at radius 1 is 1.14 bits per heavy atom. The van der Waals surface area contributed by atoms with Crippen molar-refractivity contribution in [2.24, 2.45) is 0 Å². The summed E-state index contributed by atoms with van der Waals surface area (Å²) in [6.07, 6.45) is 2.73. The van der Waals surface area contributed by atoms with Crippen molar-refractivity contribution < 1.29 is 0 Å². The summed E-state index contributed by atoms with van der Waals surface area (Å²) >= 11 is 11.7. The van der Waals surface area contributed by atoms with Gasteiger partial charge in [-0.3, -0.25) is 0 Å². The van der Waals surface area contributed by atoms with Crippen LogP contribution in [0.3, 0.4) is 0 Å². The van der Waals surface area contributed by atoms with Crippen LogP contribution < -0.4 is 0 Å². The first kappa shape index (κ1) is 11.4. The summed E-state index contributed by atoms with van der Waals surface area (Å²) in [5, 5.41) is 1.22. The van der Waals surface area contributed by atoms with E-state index in [1.807, 2.05) is 25.1 Å². The van der Waals surface area contributed by atoms with Gasteiger partial charge in [0.05, 0.1) is 10.0 Å². The zero-order valence-electron chi connectivity index (χ0n) is 8.11. The van der Waals surface area contributed by atoms with Gasteiger partial charge in [-0.05, 0) is 24.1 Å². The summed E-state index contributed by atoms with van der Waals surface area (Å²) in [7, 11) is 0. The van der Waals surface area contributed by atoms with Gasteiger partial charge in [0, 0.05) is 12.8 Å². The fourth-order valence-electron chi connectivity index (χ4n) is 1.12. The highest BCUT2D eigenvalue weighted by molar-refractivity contribution is 6.42. The second-order valence-electron chi connectivity index (χ2n) is 2.96. The van der Waals surface area contributed by atoms with Crippen molar-refractivity contribution >= 4 is 23.2 Å². The van der Waals surface area contributed by atoms with E-state index in [4.69, 9.17) is 23.2 Å². The van der Waals surface area contributed by atoms with Crippen LogP contribution in [0.4, 0.5) is 0 Å². The largest absolute Gasteiger partial charge is 0.104 e. The van der Waals surface area contributed by atoms with E-state index in [0.717, 1.165) is 19.3 Å². The standard InChI is InChI=1S/C12H12Cl2/c1-2-3-4-5-6-10-7-8-11(13)12(14)9-10/h7-9H,2,5-6H2,1H3. The van der Waals surface area contributed by atoms with E-state index in [9.17, 15) is 0 Å². The Hall–Kier alpha value is -0.640. The average molecular weight is 227 g/mol. The lowest BCUT2D eigenvalue weighted by Crippen LogP contribution is -1.83. The smallest absolute Gasteiger partial charge is 0.0595 e. The van der Waals surface area contributed by atoms with Crippen LogP contribution in [0.1, 0.15) is 25.3 Å². The molecule has 0 bridgehead atoms. The Balaban J connectivity index is 2.55. The first-order chi connectivity index (χ1) is 6.74. The molecule has 1 aromatic carbocycles. The lowest BCUT2D eigenvalue weighted by Gasteiger charge is -1.99. The van der Waals surface area contributed by atoms with Crippen LogP contribution >= 0.6 is 23.2 Å². The van der Waals surface area contributed by atoms with Crippen molar-refractivity contribution in [1.29, 1.82) is 0 Å². The Morgan fingerprint density at radius 3 is 2.57 bits per heavy atom. The molecule has 0 radical (unpaired) electrons. The van der Waals surface area contributed by atoms with Crippen LogP contribution in [-0.4, -0.2) is 0 Å². The summed E-state index contributed by atoms with van der Waals surface area (Å²) in [5.74, 6) is 6.13. The Labute approximate surface area is 95.2 Å². The number of halogens is 2. The molecule has 0 fully saturated rings. The Morgan fingerprint density at radius 2 is 1.93 bits per heavy atom. The van der Waals surface area contributed by atoms with E-state index in [0.29, 0.717) is 10.0 Å². The van der Waals surface area contributed by atoms with Gasteiger partial charge in [0.2, 0.25) is 0 Å². The minimum Gasteiger partial charge on any atom is -0.104 e. The molecular weight excluding hydrogens is 215 g/mol. The van der Waals surface area contributed by atoms with E-state index >= 15 is 0 Å². The van der Waals surface area contributed by atoms with Crippen LogP contribution in [0.25, 0.3) is 0 Å². The molecule has 0 aliphatic rings. The van der Waals surface area contributed by atoms with Crippen molar-refractivity contribution in [3.8, 4) is 11.8 Å². The van der Waals surface area contributed by atoms with Crippen LogP contribution in [0.2, 0.25) is 10.0 Å². The number of aryl methyl sites for hydroxylation is 1. The molecule has 1 aromatic rings. The molecule has 14 heavy (non-hydrogen) atoms. The molecule has 0 aromatic heterocycles. The normalized spacial score (nSPS) is 9.36. The number of benzene rings is 1. The third-order valence-corrected chi connectivity index (χ3v) is 2.56. The van der Waals surface area contributed by atoms with Crippen molar-refractivity contribution in [3.63, 3.8) is 0 Å². The third-order valence-electron chi connectivity index (χ3n) is 1.82. The maximum atomic E-state index is 5.89. The highest BCUT2D eigenvalue weighted by atomic mass is 35.5. The van der Waals surface area contributed by atoms with Gasteiger partial charge >= 0.3 is 0 Å². The zero-order valence-corrected chi connectivity index (χ0v) is 9.62. The van der Waals surface area contributed by atoms with Gasteiger partial charge in [-0.2, -0.15) is 0 Å². The second-order valence-corrected chi connectivity index (χ2v) is 3.77. The first-order valence-electron chi connectivity index (χ1n) is 4.63. The number of rotatable bonds is 2. The monoisotopic (exact) mass is 226 g/mol. The van der Waals surface area contributed by atoms with Crippen molar-refractivity contribution in [2.45, 2.75) is 26.2 Å². The minimum absolute atomic E-state index is 0.607. The summed E-state index contributed by atoms with van der Waals surface area (Å²) in [5.41, 5.74) is 1.19. The fraction of sp³-hybridized carbons (Fsp3) is 0.333. The van der Waals surface area contributed by atoms with E-state index in [1.54, 1.807) is 0 Å². The second kappa shape index (κ2) is 5.96. The van der Waals surface area contributed by atoms with E-state index in [-0.39, 0.29) is 0 Å². The van der Waals surface area contributed by atoms with Crippen LogP contribution in [0.15, 0.2) is 18.2 Å². The minimum atomic E-state index is 0.607. The van der Waals surface area contributed by atoms with Gasteiger partial charge in [0.1, 0.15) is 0 Å². The van der Waals surface area contributed by atoms with Gasteiger partial charge in [0.25, 0.3) is 0 Å². The molecular formula is C12H12Cl2. The molecule has 74 valence electrons. The topological polar surface area (TPSA) is 0 Å². The number of hydrogen-bond donors (Lipinski definition) is 0. The van der Waals surface area contributed by atoms with Gasteiger partial charge in [-0.25, -0.2) is 0 Å². The molecule has 0 amide bonds. The van der Waals surface area contributed by atoms with Gasteiger partial charge in [-0.15, -0.1) is 11.8 Å². The molecule has 0 N–H and O–H groups in total. The lowest BCUT2D eigenvalue weighted by molar-refractivity contribution is 1.03. The average Bonchev–Trinajstić information content (AvgIpc) is 2.18. The van der Waals surface area contributed by atoms with Gasteiger partial charge < -0.3 is 0 Å². The molecule has 0 saturated heterocycles. The van der Waals surface area contributed by atoms with Crippen LogP contribution in [-0.2, 0) is 6.42 Å². The molecule has 0 unspecified atom stereocenters. The first-order valence-corrected chi connectivity index (χ1v) is 5.39. The molecule has 0 heterocycles. The molecule has 0 saturated carbocycles. The van der Waals surface area contributed by atoms with Gasteiger partial charge in [-0.1, -0.05) is 36.2 Å². The quantitative estimate of drug-likeness (QED) is 0.659. The maximum Gasteiger partial charge on any atom is 0.0595 e. The fourth-order valence-corrected chi connectivity index (χ4v) is 1.44. The third kappa shape index (κ3) is 3.62. The van der Waals surface area contributed by atoms with Crippen LogP contribution in [0.5, 0.6) is 0 Å². The summed E-state index contributed by atoms with van der Waals surface area (Å²) in [4.78, 5) is 0. The summed E-state index contributed by atoms with van der Waals surface area (Å²) in [6.45, 7) is 2.05. The highest BCUT2D eigenvalue weighted by Gasteiger charge is 1.98. The van der Waals surface area contributed by atoms with E-state index in [2.05, 4.69) is 11.8 Å². The van der Waals surface area contributed by atoms with Crippen molar-refractivity contribution in [3.05, 3.63) is 33.8 Å². The van der Waals surface area contributed by atoms with E-state index in [1.165, 1.54) is 5.56 Å². The molecule has 0 atom stereocenters. The SMILES string of the molecule is CCC#CCCc1ccc(Cl)c(Cl)c1. The maximum absolute atomic E-state index is 5.89. The molecule has 0 aliphatic heterocycles. The summed E-state index contributed by atoms with van der Waals surface area (Å²) in [6, 6.07) is 5.71. The van der Waals surface area contributed by atoms with Crippen molar-refractivity contribution in [1.82, 2.24) is 0 Å². The highest BCUT2D eigenvalue weighted by Crippen LogP contribution is 2.22. The van der Waals surface area contributed by atoms with Gasteiger partial charge in [0.15, 0.2) is 0 Å². The molecule has 1 rings (SSSR count). The zero-order chi connectivity index (χ0) is 10.4.